The number of ether oxygens (including phenoxy) is 2. The van der Waals surface area contributed by atoms with Gasteiger partial charge in [0.1, 0.15) is 6.61 Å². The lowest BCUT2D eigenvalue weighted by Crippen LogP contribution is -2.30. The van der Waals surface area contributed by atoms with Gasteiger partial charge in [-0.05, 0) is 66.5 Å². The number of amides is 1. The van der Waals surface area contributed by atoms with Crippen LogP contribution in [0.25, 0.3) is 16.8 Å². The second kappa shape index (κ2) is 12.7. The molecule has 5 nitrogen and oxygen atoms in total. The van der Waals surface area contributed by atoms with E-state index in [-0.39, 0.29) is 5.91 Å². The molecule has 0 heterocycles. The van der Waals surface area contributed by atoms with Crippen LogP contribution in [0.15, 0.2) is 66.7 Å². The number of carbonyl (C=O) groups is 1. The van der Waals surface area contributed by atoms with Gasteiger partial charge < -0.3 is 14.8 Å². The molecule has 3 rings (SSSR count). The largest absolute Gasteiger partial charge is 0.493 e. The number of nitrogens with one attached hydrogen (secondary N) is 1. The van der Waals surface area contributed by atoms with Crippen LogP contribution in [0.1, 0.15) is 32.3 Å². The Labute approximate surface area is 197 Å². The molecule has 3 aromatic rings. The third kappa shape index (κ3) is 7.36. The summed E-state index contributed by atoms with van der Waals surface area (Å²) in [5.74, 6) is 1.08. The van der Waals surface area contributed by atoms with Gasteiger partial charge in [0.25, 0.3) is 0 Å². The van der Waals surface area contributed by atoms with Gasteiger partial charge in [-0.3, -0.25) is 9.69 Å². The van der Waals surface area contributed by atoms with Gasteiger partial charge in [-0.25, -0.2) is 0 Å². The van der Waals surface area contributed by atoms with Crippen LogP contribution < -0.4 is 14.8 Å². The number of carbonyl (C=O) groups excluding carboxylic acids is 1. The molecule has 0 spiro atoms. The number of benzene rings is 3. The molecule has 0 aromatic heterocycles. The van der Waals surface area contributed by atoms with Crippen molar-refractivity contribution < 1.29 is 14.3 Å². The van der Waals surface area contributed by atoms with Crippen LogP contribution in [0.5, 0.6) is 11.5 Å². The van der Waals surface area contributed by atoms with E-state index in [1.807, 2.05) is 42.5 Å². The summed E-state index contributed by atoms with van der Waals surface area (Å²) in [4.78, 5) is 14.9. The minimum absolute atomic E-state index is 0.198. The molecule has 0 radical (unpaired) electrons. The fraction of sp³-hybridized carbons (Fsp3) is 0.321. The minimum Gasteiger partial charge on any atom is -0.493 e. The molecule has 0 aliphatic carbocycles. The van der Waals surface area contributed by atoms with Gasteiger partial charge in [-0.1, -0.05) is 50.2 Å². The summed E-state index contributed by atoms with van der Waals surface area (Å²) in [5.41, 5.74) is 1.64. The first-order valence-corrected chi connectivity index (χ1v) is 11.6. The normalized spacial score (nSPS) is 11.3. The Balaban J connectivity index is 1.61. The van der Waals surface area contributed by atoms with E-state index in [9.17, 15) is 4.79 Å². The van der Waals surface area contributed by atoms with Crippen molar-refractivity contribution in [3.05, 3.63) is 72.3 Å². The van der Waals surface area contributed by atoms with E-state index in [2.05, 4.69) is 48.3 Å². The fourth-order valence-corrected chi connectivity index (χ4v) is 3.79. The lowest BCUT2D eigenvalue weighted by atomic mass is 10.1. The molecule has 0 saturated carbocycles. The van der Waals surface area contributed by atoms with Crippen LogP contribution in [-0.4, -0.2) is 44.2 Å². The monoisotopic (exact) mass is 446 g/mol. The first-order chi connectivity index (χ1) is 16.1. The van der Waals surface area contributed by atoms with Crippen molar-refractivity contribution in [3.8, 4) is 11.5 Å². The van der Waals surface area contributed by atoms with Gasteiger partial charge in [0, 0.05) is 24.4 Å². The Bertz CT molecular complexity index is 1070. The van der Waals surface area contributed by atoms with Crippen molar-refractivity contribution in [2.24, 2.45) is 0 Å². The number of rotatable bonds is 12. The summed E-state index contributed by atoms with van der Waals surface area (Å²) < 4.78 is 11.4. The molecule has 174 valence electrons. The minimum atomic E-state index is -0.198. The molecule has 0 bridgehead atoms. The van der Waals surface area contributed by atoms with Crippen LogP contribution in [0, 0.1) is 0 Å². The molecule has 1 N–H and O–H groups in total. The maximum absolute atomic E-state index is 12.5. The third-order valence-corrected chi connectivity index (χ3v) is 5.38. The van der Waals surface area contributed by atoms with Gasteiger partial charge in [0.05, 0.1) is 7.11 Å². The summed E-state index contributed by atoms with van der Waals surface area (Å²) in [6.07, 6.45) is 5.61. The molecule has 0 atom stereocenters. The average molecular weight is 447 g/mol. The lowest BCUT2D eigenvalue weighted by molar-refractivity contribution is -0.111. The van der Waals surface area contributed by atoms with Crippen LogP contribution in [-0.2, 0) is 4.79 Å². The summed E-state index contributed by atoms with van der Waals surface area (Å²) in [5, 5.41) is 5.23. The standard InChI is InChI=1S/C28H34N2O3/c1-4-16-30(17-5-2)18-19-33-27-21-25(13-14-26(27)32-3)29-28(31)15-11-22-10-12-23-8-6-7-9-24(23)20-22/h6-15,20-21H,4-5,16-19H2,1-3H3,(H,29,31). The summed E-state index contributed by atoms with van der Waals surface area (Å²) in [6.45, 7) is 7.92. The van der Waals surface area contributed by atoms with Gasteiger partial charge in [0.15, 0.2) is 11.5 Å². The zero-order chi connectivity index (χ0) is 23.5. The molecule has 0 unspecified atom stereocenters. The van der Waals surface area contributed by atoms with E-state index in [4.69, 9.17) is 9.47 Å². The van der Waals surface area contributed by atoms with Crippen molar-refractivity contribution in [2.45, 2.75) is 26.7 Å². The third-order valence-electron chi connectivity index (χ3n) is 5.38. The van der Waals surface area contributed by atoms with Crippen LogP contribution in [0.3, 0.4) is 0 Å². The molecular formula is C28H34N2O3. The summed E-state index contributed by atoms with van der Waals surface area (Å²) in [6, 6.07) is 19.7. The van der Waals surface area contributed by atoms with Crippen LogP contribution >= 0.6 is 0 Å². The molecule has 0 fully saturated rings. The van der Waals surface area contributed by atoms with E-state index in [1.54, 1.807) is 13.2 Å². The van der Waals surface area contributed by atoms with E-state index in [1.165, 1.54) is 5.39 Å². The van der Waals surface area contributed by atoms with Crippen molar-refractivity contribution in [1.82, 2.24) is 4.90 Å². The van der Waals surface area contributed by atoms with Crippen LogP contribution in [0.4, 0.5) is 5.69 Å². The Morgan fingerprint density at radius 1 is 0.909 bits per heavy atom. The van der Waals surface area contributed by atoms with Gasteiger partial charge in [-0.2, -0.15) is 0 Å². The zero-order valence-corrected chi connectivity index (χ0v) is 19.8. The number of nitrogens with zero attached hydrogens (tertiary/aromatic N) is 1. The fourth-order valence-electron chi connectivity index (χ4n) is 3.79. The number of hydrogen-bond donors (Lipinski definition) is 1. The Morgan fingerprint density at radius 3 is 2.39 bits per heavy atom. The number of hydrogen-bond acceptors (Lipinski definition) is 4. The first-order valence-electron chi connectivity index (χ1n) is 11.6. The highest BCUT2D eigenvalue weighted by atomic mass is 16.5. The molecular weight excluding hydrogens is 412 g/mol. The van der Waals surface area contributed by atoms with Gasteiger partial charge in [-0.15, -0.1) is 0 Å². The lowest BCUT2D eigenvalue weighted by Gasteiger charge is -2.21. The Hall–Kier alpha value is -3.31. The van der Waals surface area contributed by atoms with E-state index in [0.717, 1.165) is 43.4 Å². The highest BCUT2D eigenvalue weighted by Crippen LogP contribution is 2.30. The van der Waals surface area contributed by atoms with Crippen molar-refractivity contribution in [1.29, 1.82) is 0 Å². The maximum atomic E-state index is 12.5. The number of anilines is 1. The SMILES string of the molecule is CCCN(CCC)CCOc1cc(NC(=O)C=Cc2ccc3ccccc3c2)ccc1OC. The molecule has 33 heavy (non-hydrogen) atoms. The molecule has 0 aliphatic heterocycles. The predicted octanol–water partition coefficient (Wildman–Crippen LogP) is 6.00. The Kier molecular flexibility index (Phi) is 9.33. The van der Waals surface area contributed by atoms with Crippen molar-refractivity contribution >= 4 is 28.4 Å². The van der Waals surface area contributed by atoms with Crippen molar-refractivity contribution in [3.63, 3.8) is 0 Å². The van der Waals surface area contributed by atoms with Crippen molar-refractivity contribution in [2.75, 3.05) is 38.7 Å². The maximum Gasteiger partial charge on any atom is 0.248 e. The molecule has 1 amide bonds. The number of methoxy groups -OCH3 is 1. The molecule has 3 aromatic carbocycles. The average Bonchev–Trinajstić information content (AvgIpc) is 2.83. The van der Waals surface area contributed by atoms with E-state index < -0.39 is 0 Å². The summed E-state index contributed by atoms with van der Waals surface area (Å²) in [7, 11) is 1.62. The topological polar surface area (TPSA) is 50.8 Å². The smallest absolute Gasteiger partial charge is 0.248 e. The van der Waals surface area contributed by atoms with Gasteiger partial charge in [0.2, 0.25) is 5.91 Å². The quantitative estimate of drug-likeness (QED) is 0.347. The second-order valence-corrected chi connectivity index (χ2v) is 7.98. The van der Waals surface area contributed by atoms with Gasteiger partial charge >= 0.3 is 0 Å². The molecule has 0 aliphatic rings. The highest BCUT2D eigenvalue weighted by molar-refractivity contribution is 6.02. The molecule has 5 heteroatoms. The second-order valence-electron chi connectivity index (χ2n) is 7.98. The summed E-state index contributed by atoms with van der Waals surface area (Å²) >= 11 is 0. The van der Waals surface area contributed by atoms with Crippen LogP contribution in [0.2, 0.25) is 0 Å². The Morgan fingerprint density at radius 2 is 1.67 bits per heavy atom. The predicted molar refractivity (Wildman–Crippen MR) is 137 cm³/mol. The van der Waals surface area contributed by atoms with E-state index >= 15 is 0 Å². The number of fused-ring (bicyclic) bond motifs is 1. The zero-order valence-electron chi connectivity index (χ0n) is 19.8. The first kappa shape index (κ1) is 24.3. The molecule has 0 saturated heterocycles. The highest BCUT2D eigenvalue weighted by Gasteiger charge is 2.09. The van der Waals surface area contributed by atoms with E-state index in [0.29, 0.717) is 23.8 Å².